The van der Waals surface area contributed by atoms with E-state index in [4.69, 9.17) is 9.11 Å². The van der Waals surface area contributed by atoms with Gasteiger partial charge in [0.15, 0.2) is 0 Å². The van der Waals surface area contributed by atoms with Gasteiger partial charge in [0.1, 0.15) is 0 Å². The van der Waals surface area contributed by atoms with Gasteiger partial charge in [-0.15, -0.1) is 0 Å². The van der Waals surface area contributed by atoms with E-state index in [-0.39, 0.29) is 6.61 Å². The van der Waals surface area contributed by atoms with Crippen molar-refractivity contribution in [3.05, 3.63) is 0 Å². The zero-order valence-corrected chi connectivity index (χ0v) is 10.5. The number of rotatable bonds is 8. The molecule has 0 saturated carbocycles. The zero-order chi connectivity index (χ0) is 12.8. The maximum absolute atomic E-state index is 10.6. The highest BCUT2D eigenvalue weighted by molar-refractivity contribution is 7.86. The standard InChI is InChI=1S/C7H16O7S2/c1-7(15(8,9)10)5-3-2-4-6-14-16(11,12)13/h7H,2-6H2,1H3,(H,8,9,10)(H,11,12,13). The minimum atomic E-state index is -4.39. The molecular weight excluding hydrogens is 260 g/mol. The number of unbranched alkanes of at least 4 members (excludes halogenated alkanes) is 2. The lowest BCUT2D eigenvalue weighted by Gasteiger charge is -2.06. The Labute approximate surface area is 95.5 Å². The molecule has 9 heteroatoms. The fraction of sp³-hybridized carbons (Fsp3) is 1.00. The van der Waals surface area contributed by atoms with Gasteiger partial charge in [-0.2, -0.15) is 16.8 Å². The van der Waals surface area contributed by atoms with E-state index in [1.165, 1.54) is 6.92 Å². The Hall–Kier alpha value is -0.220. The molecule has 0 aromatic heterocycles. The first kappa shape index (κ1) is 15.8. The summed E-state index contributed by atoms with van der Waals surface area (Å²) in [6, 6.07) is 0. The van der Waals surface area contributed by atoms with Crippen molar-refractivity contribution < 1.29 is 30.1 Å². The van der Waals surface area contributed by atoms with Gasteiger partial charge in [-0.1, -0.05) is 12.8 Å². The van der Waals surface area contributed by atoms with E-state index < -0.39 is 25.8 Å². The van der Waals surface area contributed by atoms with Gasteiger partial charge in [0, 0.05) is 0 Å². The lowest BCUT2D eigenvalue weighted by atomic mass is 10.2. The molecule has 0 saturated heterocycles. The van der Waals surface area contributed by atoms with Crippen LogP contribution in [0.25, 0.3) is 0 Å². The van der Waals surface area contributed by atoms with Crippen LogP contribution in [0.2, 0.25) is 0 Å². The van der Waals surface area contributed by atoms with Gasteiger partial charge in [0.2, 0.25) is 0 Å². The first-order valence-corrected chi connectivity index (χ1v) is 7.58. The van der Waals surface area contributed by atoms with Crippen molar-refractivity contribution >= 4 is 20.5 Å². The lowest BCUT2D eigenvalue weighted by molar-refractivity contribution is 0.261. The Morgan fingerprint density at radius 1 is 1.06 bits per heavy atom. The second-order valence-corrected chi connectivity index (χ2v) is 6.35. The molecule has 0 amide bonds. The van der Waals surface area contributed by atoms with E-state index in [0.29, 0.717) is 25.7 Å². The van der Waals surface area contributed by atoms with Crippen LogP contribution in [-0.4, -0.2) is 37.8 Å². The number of hydrogen-bond acceptors (Lipinski definition) is 5. The minimum absolute atomic E-state index is 0.140. The van der Waals surface area contributed by atoms with Crippen LogP contribution in [0.5, 0.6) is 0 Å². The Kier molecular flexibility index (Phi) is 6.41. The normalized spacial score (nSPS) is 14.9. The highest BCUT2D eigenvalue weighted by atomic mass is 32.3. The fourth-order valence-corrected chi connectivity index (χ4v) is 1.82. The Balaban J connectivity index is 3.56. The van der Waals surface area contributed by atoms with Crippen LogP contribution in [0.1, 0.15) is 32.6 Å². The average Bonchev–Trinajstić information content (AvgIpc) is 2.07. The molecule has 0 radical (unpaired) electrons. The van der Waals surface area contributed by atoms with E-state index >= 15 is 0 Å². The summed E-state index contributed by atoms with van der Waals surface area (Å²) in [4.78, 5) is 0. The third-order valence-corrected chi connectivity index (χ3v) is 3.71. The molecule has 0 heterocycles. The Morgan fingerprint density at radius 2 is 1.62 bits per heavy atom. The van der Waals surface area contributed by atoms with Crippen LogP contribution in [0.15, 0.2) is 0 Å². The molecule has 0 aliphatic heterocycles. The molecule has 0 aliphatic rings. The van der Waals surface area contributed by atoms with Crippen molar-refractivity contribution in [1.82, 2.24) is 0 Å². The molecule has 2 N–H and O–H groups in total. The second kappa shape index (κ2) is 6.50. The first-order chi connectivity index (χ1) is 7.13. The predicted molar refractivity (Wildman–Crippen MR) is 57.0 cm³/mol. The molecule has 1 atom stereocenters. The van der Waals surface area contributed by atoms with Crippen molar-refractivity contribution in [2.45, 2.75) is 37.9 Å². The predicted octanol–water partition coefficient (Wildman–Crippen LogP) is 0.643. The Bertz CT molecular complexity index is 383. The van der Waals surface area contributed by atoms with Gasteiger partial charge in [-0.3, -0.25) is 9.11 Å². The summed E-state index contributed by atoms with van der Waals surface area (Å²) in [6.07, 6.45) is 1.76. The molecule has 0 spiro atoms. The maximum atomic E-state index is 10.6. The lowest BCUT2D eigenvalue weighted by Crippen LogP contribution is -2.16. The second-order valence-electron chi connectivity index (χ2n) is 3.42. The van der Waals surface area contributed by atoms with Crippen LogP contribution in [0, 0.1) is 0 Å². The van der Waals surface area contributed by atoms with Crippen molar-refractivity contribution in [1.29, 1.82) is 0 Å². The third-order valence-electron chi connectivity index (χ3n) is 2.00. The summed E-state index contributed by atoms with van der Waals surface area (Å²) >= 11 is 0. The molecule has 1 unspecified atom stereocenters. The third kappa shape index (κ3) is 9.04. The van der Waals surface area contributed by atoms with Gasteiger partial charge in [0.25, 0.3) is 10.1 Å². The van der Waals surface area contributed by atoms with E-state index in [0.717, 1.165) is 0 Å². The van der Waals surface area contributed by atoms with Crippen molar-refractivity contribution in [2.75, 3.05) is 6.61 Å². The van der Waals surface area contributed by atoms with Gasteiger partial charge in [-0.05, 0) is 19.8 Å². The van der Waals surface area contributed by atoms with Crippen LogP contribution in [-0.2, 0) is 24.7 Å². The largest absolute Gasteiger partial charge is 0.397 e. The molecule has 0 aromatic carbocycles. The summed E-state index contributed by atoms with van der Waals surface area (Å²) in [5.41, 5.74) is 0. The Morgan fingerprint density at radius 3 is 2.06 bits per heavy atom. The van der Waals surface area contributed by atoms with Crippen molar-refractivity contribution in [2.24, 2.45) is 0 Å². The van der Waals surface area contributed by atoms with Gasteiger partial charge in [-0.25, -0.2) is 4.18 Å². The van der Waals surface area contributed by atoms with Gasteiger partial charge in [0.05, 0.1) is 11.9 Å². The smallest absolute Gasteiger partial charge is 0.285 e. The fourth-order valence-electron chi connectivity index (χ4n) is 1.02. The highest BCUT2D eigenvalue weighted by Gasteiger charge is 2.16. The van der Waals surface area contributed by atoms with E-state index in [2.05, 4.69) is 4.18 Å². The molecular formula is C7H16O7S2. The topological polar surface area (TPSA) is 118 Å². The van der Waals surface area contributed by atoms with Crippen LogP contribution in [0.4, 0.5) is 0 Å². The summed E-state index contributed by atoms with van der Waals surface area (Å²) in [7, 11) is -8.37. The monoisotopic (exact) mass is 276 g/mol. The van der Waals surface area contributed by atoms with Gasteiger partial charge < -0.3 is 0 Å². The SMILES string of the molecule is CC(CCCCCOS(=O)(=O)O)S(=O)(=O)O. The molecule has 98 valence electrons. The molecule has 0 rings (SSSR count). The van der Waals surface area contributed by atoms with E-state index in [9.17, 15) is 16.8 Å². The average molecular weight is 276 g/mol. The molecule has 0 fully saturated rings. The molecule has 0 bridgehead atoms. The first-order valence-electron chi connectivity index (χ1n) is 4.71. The molecule has 0 aromatic rings. The summed E-state index contributed by atoms with van der Waals surface area (Å²) in [5, 5.41) is -0.824. The van der Waals surface area contributed by atoms with Crippen molar-refractivity contribution in [3.63, 3.8) is 0 Å². The van der Waals surface area contributed by atoms with Crippen LogP contribution < -0.4 is 0 Å². The number of hydrogen-bond donors (Lipinski definition) is 2. The minimum Gasteiger partial charge on any atom is -0.285 e. The summed E-state index contributed by atoms with van der Waals surface area (Å²) in [6.45, 7) is 1.25. The van der Waals surface area contributed by atoms with Crippen molar-refractivity contribution in [3.8, 4) is 0 Å². The quantitative estimate of drug-likeness (QED) is 0.493. The zero-order valence-electron chi connectivity index (χ0n) is 8.87. The van der Waals surface area contributed by atoms with E-state index in [1.807, 2.05) is 0 Å². The molecule has 7 nitrogen and oxygen atoms in total. The van der Waals surface area contributed by atoms with Crippen LogP contribution >= 0.6 is 0 Å². The summed E-state index contributed by atoms with van der Waals surface area (Å²) < 4.78 is 62.4. The maximum Gasteiger partial charge on any atom is 0.397 e. The van der Waals surface area contributed by atoms with Crippen LogP contribution in [0.3, 0.4) is 0 Å². The van der Waals surface area contributed by atoms with E-state index in [1.54, 1.807) is 0 Å². The molecule has 0 aliphatic carbocycles. The summed E-state index contributed by atoms with van der Waals surface area (Å²) in [5.74, 6) is 0. The highest BCUT2D eigenvalue weighted by Crippen LogP contribution is 2.09. The molecule has 16 heavy (non-hydrogen) atoms. The van der Waals surface area contributed by atoms with Gasteiger partial charge >= 0.3 is 10.4 Å².